The first-order chi connectivity index (χ1) is 15.6. The molecule has 1 atom stereocenters. The summed E-state index contributed by atoms with van der Waals surface area (Å²) in [5.41, 5.74) is 2.06. The fraction of sp³-hybridized carbons (Fsp3) is 0.280. The van der Waals surface area contributed by atoms with Gasteiger partial charge in [0.2, 0.25) is 5.91 Å². The standard InChI is InChI=1S/C25H26N2O4S/c1-30-19-9-3-16(4-10-19)15-21(17-7-11-20(31-2)12-8-17)26-25(29)22-13-14-23(32-22)27-24(28)18-5-6-18/h3-4,7-14,18,21H,5-6,15H2,1-2H3,(H,26,29)(H,27,28)/t21-/m1/s1. The highest BCUT2D eigenvalue weighted by atomic mass is 32.1. The molecule has 1 aromatic heterocycles. The predicted molar refractivity (Wildman–Crippen MR) is 126 cm³/mol. The van der Waals surface area contributed by atoms with E-state index in [2.05, 4.69) is 10.6 Å². The Kier molecular flexibility index (Phi) is 6.75. The quantitative estimate of drug-likeness (QED) is 0.490. The third-order valence-corrected chi connectivity index (χ3v) is 6.45. The summed E-state index contributed by atoms with van der Waals surface area (Å²) < 4.78 is 10.5. The second kappa shape index (κ2) is 9.87. The SMILES string of the molecule is COc1ccc(C[C@@H](NC(=O)c2ccc(NC(=O)C3CC3)s2)c2ccc(OC)cc2)cc1. The van der Waals surface area contributed by atoms with Crippen LogP contribution in [0.15, 0.2) is 60.7 Å². The van der Waals surface area contributed by atoms with E-state index in [1.165, 1.54) is 11.3 Å². The Hall–Kier alpha value is -3.32. The van der Waals surface area contributed by atoms with Crippen molar-refractivity contribution in [1.29, 1.82) is 0 Å². The van der Waals surface area contributed by atoms with Crippen LogP contribution in [0, 0.1) is 5.92 Å². The number of ether oxygens (including phenoxy) is 2. The van der Waals surface area contributed by atoms with Crippen molar-refractivity contribution in [1.82, 2.24) is 5.32 Å². The van der Waals surface area contributed by atoms with E-state index < -0.39 is 0 Å². The number of carbonyl (C=O) groups excluding carboxylic acids is 2. The molecule has 2 aromatic carbocycles. The van der Waals surface area contributed by atoms with Crippen LogP contribution in [-0.2, 0) is 11.2 Å². The number of benzene rings is 2. The van der Waals surface area contributed by atoms with Crippen molar-refractivity contribution in [2.45, 2.75) is 25.3 Å². The maximum absolute atomic E-state index is 13.0. The molecule has 0 unspecified atom stereocenters. The van der Waals surface area contributed by atoms with Gasteiger partial charge in [-0.1, -0.05) is 24.3 Å². The zero-order chi connectivity index (χ0) is 22.5. The number of hydrogen-bond acceptors (Lipinski definition) is 5. The van der Waals surface area contributed by atoms with Gasteiger partial charge in [-0.25, -0.2) is 0 Å². The van der Waals surface area contributed by atoms with Crippen molar-refractivity contribution < 1.29 is 19.1 Å². The molecule has 0 radical (unpaired) electrons. The van der Waals surface area contributed by atoms with Crippen LogP contribution in [0.1, 0.15) is 39.7 Å². The van der Waals surface area contributed by atoms with Gasteiger partial charge in [-0.2, -0.15) is 0 Å². The third-order valence-electron chi connectivity index (χ3n) is 5.45. The van der Waals surface area contributed by atoms with Gasteiger partial charge in [0.1, 0.15) is 11.5 Å². The van der Waals surface area contributed by atoms with E-state index in [0.29, 0.717) is 16.3 Å². The van der Waals surface area contributed by atoms with Crippen molar-refractivity contribution in [2.24, 2.45) is 5.92 Å². The summed E-state index contributed by atoms with van der Waals surface area (Å²) in [7, 11) is 3.26. The fourth-order valence-corrected chi connectivity index (χ4v) is 4.22. The molecule has 1 aliphatic carbocycles. The highest BCUT2D eigenvalue weighted by molar-refractivity contribution is 7.18. The number of rotatable bonds is 9. The first-order valence-corrected chi connectivity index (χ1v) is 11.4. The molecule has 6 nitrogen and oxygen atoms in total. The number of methoxy groups -OCH3 is 2. The summed E-state index contributed by atoms with van der Waals surface area (Å²) in [5.74, 6) is 1.54. The summed E-state index contributed by atoms with van der Waals surface area (Å²) in [6.45, 7) is 0. The summed E-state index contributed by atoms with van der Waals surface area (Å²) in [6, 6.07) is 18.8. The second-order valence-electron chi connectivity index (χ2n) is 7.78. The molecule has 1 saturated carbocycles. The van der Waals surface area contributed by atoms with Crippen LogP contribution in [0.3, 0.4) is 0 Å². The molecule has 4 rings (SSSR count). The number of hydrogen-bond donors (Lipinski definition) is 2. The van der Waals surface area contributed by atoms with Crippen LogP contribution >= 0.6 is 11.3 Å². The normalized spacial score (nSPS) is 13.8. The average molecular weight is 451 g/mol. The van der Waals surface area contributed by atoms with E-state index in [4.69, 9.17) is 9.47 Å². The van der Waals surface area contributed by atoms with Crippen LogP contribution in [-0.4, -0.2) is 26.0 Å². The lowest BCUT2D eigenvalue weighted by Gasteiger charge is -2.20. The van der Waals surface area contributed by atoms with Gasteiger partial charge in [-0.3, -0.25) is 9.59 Å². The molecule has 3 aromatic rings. The maximum atomic E-state index is 13.0. The Labute approximate surface area is 191 Å². The molecule has 0 saturated heterocycles. The van der Waals surface area contributed by atoms with E-state index in [0.717, 1.165) is 35.5 Å². The van der Waals surface area contributed by atoms with Gasteiger partial charge in [-0.15, -0.1) is 11.3 Å². The topological polar surface area (TPSA) is 76.7 Å². The Morgan fingerprint density at radius 1 is 0.938 bits per heavy atom. The zero-order valence-electron chi connectivity index (χ0n) is 18.1. The van der Waals surface area contributed by atoms with Crippen molar-refractivity contribution in [3.63, 3.8) is 0 Å². The molecule has 1 heterocycles. The van der Waals surface area contributed by atoms with Crippen LogP contribution < -0.4 is 20.1 Å². The van der Waals surface area contributed by atoms with Crippen LogP contribution in [0.4, 0.5) is 5.00 Å². The third kappa shape index (κ3) is 5.48. The van der Waals surface area contributed by atoms with Crippen molar-refractivity contribution in [3.8, 4) is 11.5 Å². The lowest BCUT2D eigenvalue weighted by Crippen LogP contribution is -2.29. The monoisotopic (exact) mass is 450 g/mol. The van der Waals surface area contributed by atoms with E-state index in [1.807, 2.05) is 48.5 Å². The molecule has 2 N–H and O–H groups in total. The van der Waals surface area contributed by atoms with Crippen LogP contribution in [0.2, 0.25) is 0 Å². The van der Waals surface area contributed by atoms with Crippen LogP contribution in [0.5, 0.6) is 11.5 Å². The zero-order valence-corrected chi connectivity index (χ0v) is 18.9. The average Bonchev–Trinajstić information content (AvgIpc) is 3.58. The smallest absolute Gasteiger partial charge is 0.261 e. The van der Waals surface area contributed by atoms with Gasteiger partial charge in [-0.05, 0) is 66.8 Å². The Morgan fingerprint density at radius 3 is 2.16 bits per heavy atom. The van der Waals surface area contributed by atoms with Gasteiger partial charge >= 0.3 is 0 Å². The van der Waals surface area contributed by atoms with Gasteiger partial charge in [0.15, 0.2) is 0 Å². The molecule has 0 spiro atoms. The highest BCUT2D eigenvalue weighted by Crippen LogP contribution is 2.32. The molecule has 0 aliphatic heterocycles. The lowest BCUT2D eigenvalue weighted by molar-refractivity contribution is -0.117. The summed E-state index contributed by atoms with van der Waals surface area (Å²) >= 11 is 1.29. The number of thiophene rings is 1. The second-order valence-corrected chi connectivity index (χ2v) is 8.86. The number of carbonyl (C=O) groups is 2. The largest absolute Gasteiger partial charge is 0.497 e. The highest BCUT2D eigenvalue weighted by Gasteiger charge is 2.30. The van der Waals surface area contributed by atoms with Gasteiger partial charge < -0.3 is 20.1 Å². The predicted octanol–water partition coefficient (Wildman–Crippen LogP) is 4.83. The Bertz CT molecular complexity index is 1070. The fourth-order valence-electron chi connectivity index (χ4n) is 3.41. The van der Waals surface area contributed by atoms with Crippen LogP contribution in [0.25, 0.3) is 0 Å². The molecular weight excluding hydrogens is 424 g/mol. The molecule has 32 heavy (non-hydrogen) atoms. The number of amides is 2. The molecule has 0 bridgehead atoms. The molecule has 2 amide bonds. The summed E-state index contributed by atoms with van der Waals surface area (Å²) in [5, 5.41) is 6.75. The lowest BCUT2D eigenvalue weighted by atomic mass is 9.98. The van der Waals surface area contributed by atoms with E-state index in [9.17, 15) is 9.59 Å². The minimum absolute atomic E-state index is 0.0365. The number of anilines is 1. The van der Waals surface area contributed by atoms with Crippen molar-refractivity contribution in [3.05, 3.63) is 76.7 Å². The van der Waals surface area contributed by atoms with Gasteiger partial charge in [0, 0.05) is 5.92 Å². The molecule has 7 heteroatoms. The first-order valence-electron chi connectivity index (χ1n) is 10.5. The van der Waals surface area contributed by atoms with Gasteiger partial charge in [0.25, 0.3) is 5.91 Å². The minimum Gasteiger partial charge on any atom is -0.497 e. The van der Waals surface area contributed by atoms with Crippen molar-refractivity contribution in [2.75, 3.05) is 19.5 Å². The maximum Gasteiger partial charge on any atom is 0.261 e. The van der Waals surface area contributed by atoms with E-state index in [1.54, 1.807) is 26.4 Å². The molecule has 1 aliphatic rings. The first kappa shape index (κ1) is 21.9. The van der Waals surface area contributed by atoms with E-state index in [-0.39, 0.29) is 23.8 Å². The Balaban J connectivity index is 1.50. The molecule has 1 fully saturated rings. The summed E-state index contributed by atoms with van der Waals surface area (Å²) in [6.07, 6.45) is 2.51. The molecular formula is C25H26N2O4S. The minimum atomic E-state index is -0.228. The Morgan fingerprint density at radius 2 is 1.56 bits per heavy atom. The molecule has 166 valence electrons. The van der Waals surface area contributed by atoms with E-state index >= 15 is 0 Å². The summed E-state index contributed by atoms with van der Waals surface area (Å²) in [4.78, 5) is 25.6. The number of nitrogens with one attached hydrogen (secondary N) is 2. The van der Waals surface area contributed by atoms with Gasteiger partial charge in [0.05, 0.1) is 30.1 Å². The van der Waals surface area contributed by atoms with Crippen molar-refractivity contribution >= 4 is 28.2 Å².